The number of rotatable bonds is 6. The molecule has 0 bridgehead atoms. The van der Waals surface area contributed by atoms with Crippen LogP contribution < -0.4 is 11.1 Å². The molecule has 1 aliphatic heterocycles. The monoisotopic (exact) mass is 464 g/mol. The van der Waals surface area contributed by atoms with Gasteiger partial charge in [-0.1, -0.05) is 26.0 Å². The van der Waals surface area contributed by atoms with Gasteiger partial charge in [-0.15, -0.1) is 0 Å². The average molecular weight is 465 g/mol. The van der Waals surface area contributed by atoms with Gasteiger partial charge in [-0.05, 0) is 48.5 Å². The van der Waals surface area contributed by atoms with Crippen molar-refractivity contribution >= 4 is 33.0 Å². The average Bonchev–Trinajstić information content (AvgIpc) is 3.44. The number of hydrogen-bond donors (Lipinski definition) is 2. The number of guanidine groups is 1. The van der Waals surface area contributed by atoms with Crippen molar-refractivity contribution in [2.75, 3.05) is 18.4 Å². The van der Waals surface area contributed by atoms with Crippen LogP contribution in [0.15, 0.2) is 75.0 Å². The van der Waals surface area contributed by atoms with Gasteiger partial charge in [-0.2, -0.15) is 4.31 Å². The second-order valence-corrected chi connectivity index (χ2v) is 9.56. The molecule has 0 aliphatic carbocycles. The Morgan fingerprint density at radius 3 is 2.52 bits per heavy atom. The van der Waals surface area contributed by atoms with E-state index in [-0.39, 0.29) is 10.9 Å². The molecule has 2 aromatic heterocycles. The molecular weight excluding hydrogens is 440 g/mol. The molecule has 2 aromatic carbocycles. The van der Waals surface area contributed by atoms with Crippen molar-refractivity contribution in [1.82, 2.24) is 13.9 Å². The Bertz CT molecular complexity index is 1450. The fraction of sp³-hybridized carbons (Fsp3) is 0.217. The lowest BCUT2D eigenvalue weighted by atomic mass is 10.2. The summed E-state index contributed by atoms with van der Waals surface area (Å²) in [6, 6.07) is 18.2. The molecule has 0 saturated heterocycles. The second kappa shape index (κ2) is 8.05. The Morgan fingerprint density at radius 1 is 1.06 bits per heavy atom. The molecule has 33 heavy (non-hydrogen) atoms. The largest absolute Gasteiger partial charge is 0.457 e. The Kier molecular flexibility index (Phi) is 5.18. The van der Waals surface area contributed by atoms with Crippen molar-refractivity contribution in [2.24, 2.45) is 10.7 Å². The molecule has 0 unspecified atom stereocenters. The van der Waals surface area contributed by atoms with Crippen molar-refractivity contribution in [1.29, 1.82) is 0 Å². The van der Waals surface area contributed by atoms with Gasteiger partial charge in [0.05, 0.1) is 15.9 Å². The molecular formula is C23H24N6O3S. The lowest BCUT2D eigenvalue weighted by molar-refractivity contribution is 0.445. The Labute approximate surface area is 191 Å². The zero-order valence-electron chi connectivity index (χ0n) is 18.3. The molecule has 1 aliphatic rings. The number of nitrogens with two attached hydrogens (primary N) is 1. The van der Waals surface area contributed by atoms with Gasteiger partial charge < -0.3 is 10.2 Å². The number of para-hydroxylation sites is 2. The molecule has 10 heteroatoms. The van der Waals surface area contributed by atoms with Gasteiger partial charge in [-0.25, -0.2) is 18.4 Å². The van der Waals surface area contributed by atoms with Crippen LogP contribution in [0.25, 0.3) is 22.4 Å². The molecule has 3 N–H and O–H groups in total. The fourth-order valence-corrected chi connectivity index (χ4v) is 5.52. The number of nitrogens with zero attached hydrogens (tertiary/aromatic N) is 4. The zero-order chi connectivity index (χ0) is 23.2. The Balaban J connectivity index is 1.49. The molecule has 0 radical (unpaired) electrons. The molecule has 5 rings (SSSR count). The number of nitrogens with one attached hydrogen (secondary N) is 1. The lowest BCUT2D eigenvalue weighted by Crippen LogP contribution is -2.31. The van der Waals surface area contributed by atoms with Crippen molar-refractivity contribution in [3.05, 3.63) is 66.4 Å². The zero-order valence-corrected chi connectivity index (χ0v) is 19.1. The summed E-state index contributed by atoms with van der Waals surface area (Å²) in [6.45, 7) is 4.50. The summed E-state index contributed by atoms with van der Waals surface area (Å²) < 4.78 is 35.0. The van der Waals surface area contributed by atoms with Gasteiger partial charge in [0.25, 0.3) is 0 Å². The third kappa shape index (κ3) is 3.57. The van der Waals surface area contributed by atoms with Gasteiger partial charge in [0.15, 0.2) is 12.1 Å². The predicted octanol–water partition coefficient (Wildman–Crippen LogP) is 3.61. The summed E-state index contributed by atoms with van der Waals surface area (Å²) >= 11 is 0. The Hall–Kier alpha value is -3.63. The molecule has 4 aromatic rings. The van der Waals surface area contributed by atoms with E-state index in [1.807, 2.05) is 54.8 Å². The topological polar surface area (TPSA) is 119 Å². The summed E-state index contributed by atoms with van der Waals surface area (Å²) in [4.78, 5) is 9.39. The first kappa shape index (κ1) is 21.2. The number of fused-ring (bicyclic) bond motifs is 3. The van der Waals surface area contributed by atoms with Gasteiger partial charge in [-0.3, -0.25) is 9.88 Å². The summed E-state index contributed by atoms with van der Waals surface area (Å²) in [5.74, 6) is 2.05. The number of sulfonamides is 1. The van der Waals surface area contributed by atoms with E-state index < -0.39 is 16.2 Å². The number of hydrogen-bond acceptors (Lipinski definition) is 7. The van der Waals surface area contributed by atoms with Crippen molar-refractivity contribution < 1.29 is 12.8 Å². The molecule has 0 fully saturated rings. The highest BCUT2D eigenvalue weighted by atomic mass is 32.2. The number of imidazole rings is 1. The summed E-state index contributed by atoms with van der Waals surface area (Å²) in [5.41, 5.74) is 8.50. The minimum atomic E-state index is -3.51. The van der Waals surface area contributed by atoms with Crippen LogP contribution in [0.4, 0.5) is 5.95 Å². The van der Waals surface area contributed by atoms with E-state index in [4.69, 9.17) is 10.2 Å². The predicted molar refractivity (Wildman–Crippen MR) is 127 cm³/mol. The maximum absolute atomic E-state index is 12.7. The van der Waals surface area contributed by atoms with E-state index in [2.05, 4.69) is 15.3 Å². The smallest absolute Gasteiger partial charge is 0.243 e. The molecule has 170 valence electrons. The molecule has 0 spiro atoms. The van der Waals surface area contributed by atoms with E-state index in [1.165, 1.54) is 4.31 Å². The van der Waals surface area contributed by atoms with E-state index in [0.717, 1.165) is 16.6 Å². The summed E-state index contributed by atoms with van der Waals surface area (Å²) in [7, 11) is -3.51. The van der Waals surface area contributed by atoms with Crippen LogP contribution >= 0.6 is 0 Å². The first-order valence-corrected chi connectivity index (χ1v) is 12.1. The van der Waals surface area contributed by atoms with Crippen LogP contribution in [0.2, 0.25) is 0 Å². The normalized spacial score (nSPS) is 16.0. The van der Waals surface area contributed by atoms with Crippen LogP contribution in [-0.2, 0) is 10.0 Å². The van der Waals surface area contributed by atoms with E-state index in [1.54, 1.807) is 24.3 Å². The minimum Gasteiger partial charge on any atom is -0.457 e. The number of aliphatic imine (C=N–C) groups is 1. The SMILES string of the molecule is CCN(CC)S(=O)(=O)c1ccc(-c2ccc([C@H]3N=C(N)Nc4nc5ccccc5n43)o2)cc1. The standard InChI is InChI=1S/C23H24N6O3S/c1-3-28(4-2)33(30,31)16-11-9-15(10-12-16)19-13-14-20(32-19)21-26-22(24)27-23-25-17-7-5-6-8-18(17)29(21)23/h5-14,21H,3-4H2,1-2H3,(H3,24,25,26,27)/t21-/m0/s1. The van der Waals surface area contributed by atoms with Crippen molar-refractivity contribution in [3.63, 3.8) is 0 Å². The van der Waals surface area contributed by atoms with Crippen LogP contribution in [0.1, 0.15) is 25.8 Å². The fourth-order valence-electron chi connectivity index (χ4n) is 4.06. The van der Waals surface area contributed by atoms with Crippen LogP contribution in [0.3, 0.4) is 0 Å². The number of benzene rings is 2. The van der Waals surface area contributed by atoms with Gasteiger partial charge in [0.2, 0.25) is 16.0 Å². The van der Waals surface area contributed by atoms with Crippen LogP contribution in [-0.4, -0.2) is 41.3 Å². The molecule has 1 atom stereocenters. The molecule has 0 saturated carbocycles. The quantitative estimate of drug-likeness (QED) is 0.450. The molecule has 3 heterocycles. The summed E-state index contributed by atoms with van der Waals surface area (Å²) in [5, 5.41) is 3.00. The third-order valence-corrected chi connectivity index (χ3v) is 7.77. The maximum atomic E-state index is 12.7. The second-order valence-electron chi connectivity index (χ2n) is 7.62. The molecule has 0 amide bonds. The summed E-state index contributed by atoms with van der Waals surface area (Å²) in [6.07, 6.45) is -0.510. The highest BCUT2D eigenvalue weighted by Crippen LogP contribution is 2.35. The van der Waals surface area contributed by atoms with E-state index in [0.29, 0.717) is 30.6 Å². The van der Waals surface area contributed by atoms with Gasteiger partial charge in [0, 0.05) is 18.7 Å². The number of aromatic nitrogens is 2. The highest BCUT2D eigenvalue weighted by Gasteiger charge is 2.28. The first-order chi connectivity index (χ1) is 15.9. The maximum Gasteiger partial charge on any atom is 0.243 e. The Morgan fingerprint density at radius 2 is 1.79 bits per heavy atom. The van der Waals surface area contributed by atoms with Gasteiger partial charge >= 0.3 is 0 Å². The highest BCUT2D eigenvalue weighted by molar-refractivity contribution is 7.89. The first-order valence-electron chi connectivity index (χ1n) is 10.7. The van der Waals surface area contributed by atoms with Crippen LogP contribution in [0, 0.1) is 0 Å². The minimum absolute atomic E-state index is 0.256. The lowest BCUT2D eigenvalue weighted by Gasteiger charge is -2.21. The molecule has 9 nitrogen and oxygen atoms in total. The van der Waals surface area contributed by atoms with E-state index in [9.17, 15) is 8.42 Å². The number of furan rings is 1. The number of anilines is 1. The van der Waals surface area contributed by atoms with Crippen molar-refractivity contribution in [2.45, 2.75) is 24.9 Å². The third-order valence-electron chi connectivity index (χ3n) is 5.70. The van der Waals surface area contributed by atoms with E-state index >= 15 is 0 Å². The van der Waals surface area contributed by atoms with Crippen molar-refractivity contribution in [3.8, 4) is 11.3 Å². The van der Waals surface area contributed by atoms with Crippen LogP contribution in [0.5, 0.6) is 0 Å². The van der Waals surface area contributed by atoms with Gasteiger partial charge in [0.1, 0.15) is 11.5 Å².